The second kappa shape index (κ2) is 25.0. The zero-order chi connectivity index (χ0) is 58.7. The molecule has 0 bridgehead atoms. The molecule has 434 valence electrons. The van der Waals surface area contributed by atoms with Crippen LogP contribution < -0.4 is 29.5 Å². The fourth-order valence-corrected chi connectivity index (χ4v) is 14.9. The third kappa shape index (κ3) is 11.0. The van der Waals surface area contributed by atoms with Gasteiger partial charge in [-0.2, -0.15) is 0 Å². The molecule has 2 unspecified atom stereocenters. The van der Waals surface area contributed by atoms with Crippen molar-refractivity contribution >= 4 is 50.6 Å². The second-order valence-electron chi connectivity index (χ2n) is 22.5. The van der Waals surface area contributed by atoms with E-state index in [0.717, 1.165) is 135 Å². The molecule has 2 atom stereocenters. The van der Waals surface area contributed by atoms with Gasteiger partial charge in [0.25, 0.3) is 0 Å². The van der Waals surface area contributed by atoms with Gasteiger partial charge in [-0.15, -0.1) is 11.3 Å². The van der Waals surface area contributed by atoms with Crippen molar-refractivity contribution in [1.29, 1.82) is 0 Å². The van der Waals surface area contributed by atoms with Crippen molar-refractivity contribution in [1.82, 2.24) is 14.9 Å². The zero-order valence-corrected chi connectivity index (χ0v) is 52.6. The highest BCUT2D eigenvalue weighted by molar-refractivity contribution is 7.16. The van der Waals surface area contributed by atoms with Crippen LogP contribution in [0.3, 0.4) is 0 Å². The summed E-state index contributed by atoms with van der Waals surface area (Å²) in [7, 11) is 4.26. The van der Waals surface area contributed by atoms with E-state index in [9.17, 15) is 0 Å². The molecule has 10 nitrogen and oxygen atoms in total. The van der Waals surface area contributed by atoms with Crippen molar-refractivity contribution in [2.75, 3.05) is 93.1 Å². The van der Waals surface area contributed by atoms with Crippen molar-refractivity contribution in [3.05, 3.63) is 216 Å². The summed E-state index contributed by atoms with van der Waals surface area (Å²) in [6, 6.07) is 54.7. The van der Waals surface area contributed by atoms with Crippen LogP contribution in [0, 0.1) is 27.7 Å². The number of aryl methyl sites for hydroxylation is 6. The monoisotopic (exact) mass is 1160 g/mol. The Labute approximate surface area is 506 Å². The number of rotatable bonds is 17. The average Bonchev–Trinajstić information content (AvgIpc) is 1.57. The maximum atomic E-state index is 7.36. The van der Waals surface area contributed by atoms with Gasteiger partial charge in [0.05, 0.1) is 39.4 Å². The molecule has 12 rings (SSSR count). The lowest BCUT2D eigenvalue weighted by atomic mass is 9.77. The molecule has 0 amide bonds. The quantitative estimate of drug-likeness (QED) is 0.0952. The number of nitrogens with zero attached hydrogens (tertiary/aromatic N) is 6. The lowest BCUT2D eigenvalue weighted by molar-refractivity contribution is 0.122. The molecule has 2 aromatic heterocycles. The molecular formula is C72H81N7O3S2. The first-order valence-corrected chi connectivity index (χ1v) is 31.8. The van der Waals surface area contributed by atoms with E-state index in [-0.39, 0.29) is 0 Å². The van der Waals surface area contributed by atoms with Crippen LogP contribution in [0.15, 0.2) is 152 Å². The van der Waals surface area contributed by atoms with Gasteiger partial charge in [-0.1, -0.05) is 116 Å². The Morgan fingerprint density at radius 3 is 1.75 bits per heavy atom. The average molecular weight is 1160 g/mol. The number of ether oxygens (including phenoxy) is 3. The number of para-hydroxylation sites is 3. The fourth-order valence-electron chi connectivity index (χ4n) is 12.5. The standard InChI is InChI=1S/C40H44N4O2S.C32H37N3OS/c1-5-28-13-9-11-15-34(28)41-35-22-19-31(27-29(35)6-2)40(30-17-20-32(21-18-30)43(7-3)8-4)38-37(33-14-10-12-16-36(33)46-40)42-39(47-38)44-23-25-45-26-24-44;1-8-35(18-17-34(6)7)25-14-16-28(23(4)20-25)32(27-15-13-21(2)19-22(27)3)31-30(33-24(5)37-31)26-11-9-10-12-29(26)36-32/h9-22,27,41H,5-8,23-26H2,1-4H3;9-16,19-20H,8,17-18H2,1-7H3. The number of nitrogens with one attached hydrogen (secondary N) is 1. The van der Waals surface area contributed by atoms with Crippen LogP contribution in [-0.4, -0.2) is 88.0 Å². The molecule has 1 N–H and O–H groups in total. The Bertz CT molecular complexity index is 3770. The number of morpholine rings is 1. The van der Waals surface area contributed by atoms with Gasteiger partial charge in [-0.25, -0.2) is 9.97 Å². The summed E-state index contributed by atoms with van der Waals surface area (Å²) >= 11 is 3.50. The van der Waals surface area contributed by atoms with E-state index in [1.54, 1.807) is 22.7 Å². The number of anilines is 5. The molecule has 0 saturated carbocycles. The van der Waals surface area contributed by atoms with E-state index in [1.165, 1.54) is 50.3 Å². The molecule has 5 heterocycles. The van der Waals surface area contributed by atoms with Crippen LogP contribution in [0.4, 0.5) is 27.9 Å². The minimum atomic E-state index is -0.878. The molecule has 1 saturated heterocycles. The van der Waals surface area contributed by atoms with Gasteiger partial charge in [0.1, 0.15) is 11.5 Å². The first-order valence-electron chi connectivity index (χ1n) is 30.1. The van der Waals surface area contributed by atoms with Gasteiger partial charge in [0.2, 0.25) is 0 Å². The first kappa shape index (κ1) is 58.3. The molecule has 3 aliphatic rings. The molecule has 9 aromatic rings. The van der Waals surface area contributed by atoms with Crippen LogP contribution in [0.2, 0.25) is 0 Å². The molecule has 0 radical (unpaired) electrons. The van der Waals surface area contributed by atoms with Crippen molar-refractivity contribution in [3.63, 3.8) is 0 Å². The number of thiazole rings is 2. The fraction of sp³-hybridized carbons (Fsp3) is 0.333. The Morgan fingerprint density at radius 2 is 1.11 bits per heavy atom. The Kier molecular flexibility index (Phi) is 17.4. The maximum Gasteiger partial charge on any atom is 0.196 e. The summed E-state index contributed by atoms with van der Waals surface area (Å²) in [6.07, 6.45) is 1.86. The molecular weight excluding hydrogens is 1070 g/mol. The maximum absolute atomic E-state index is 7.36. The van der Waals surface area contributed by atoms with E-state index in [4.69, 9.17) is 24.2 Å². The third-order valence-corrected chi connectivity index (χ3v) is 19.2. The van der Waals surface area contributed by atoms with Gasteiger partial charge in [0, 0.05) is 102 Å². The van der Waals surface area contributed by atoms with Crippen molar-refractivity contribution < 1.29 is 14.2 Å². The number of aromatic nitrogens is 2. The number of hydrogen-bond donors (Lipinski definition) is 1. The molecule has 0 spiro atoms. The van der Waals surface area contributed by atoms with Gasteiger partial charge in [-0.3, -0.25) is 0 Å². The summed E-state index contributed by atoms with van der Waals surface area (Å²) in [5.41, 5.74) is 18.0. The molecule has 12 heteroatoms. The van der Waals surface area contributed by atoms with Gasteiger partial charge in [0.15, 0.2) is 16.3 Å². The Morgan fingerprint density at radius 1 is 0.536 bits per heavy atom. The van der Waals surface area contributed by atoms with Gasteiger partial charge >= 0.3 is 0 Å². The molecule has 84 heavy (non-hydrogen) atoms. The van der Waals surface area contributed by atoms with Crippen LogP contribution >= 0.6 is 22.7 Å². The minimum absolute atomic E-state index is 0.713. The Balaban J connectivity index is 0.000000181. The molecule has 0 aliphatic carbocycles. The summed E-state index contributed by atoms with van der Waals surface area (Å²) in [5, 5.41) is 5.84. The second-order valence-corrected chi connectivity index (χ2v) is 24.7. The smallest absolute Gasteiger partial charge is 0.196 e. The lowest BCUT2D eigenvalue weighted by Crippen LogP contribution is -2.39. The van der Waals surface area contributed by atoms with Crippen molar-refractivity contribution in [3.8, 4) is 34.0 Å². The highest BCUT2D eigenvalue weighted by Gasteiger charge is 2.50. The number of benzene rings is 7. The number of hydrogen-bond acceptors (Lipinski definition) is 12. The first-order chi connectivity index (χ1) is 40.8. The van der Waals surface area contributed by atoms with E-state index < -0.39 is 11.2 Å². The van der Waals surface area contributed by atoms with Gasteiger partial charge < -0.3 is 39.1 Å². The summed E-state index contributed by atoms with van der Waals surface area (Å²) in [5.74, 6) is 1.73. The predicted octanol–water partition coefficient (Wildman–Crippen LogP) is 16.2. The van der Waals surface area contributed by atoms with Crippen LogP contribution in [-0.2, 0) is 28.8 Å². The summed E-state index contributed by atoms with van der Waals surface area (Å²) in [4.78, 5) is 22.1. The van der Waals surface area contributed by atoms with Crippen LogP contribution in [0.25, 0.3) is 22.5 Å². The highest BCUT2D eigenvalue weighted by atomic mass is 32.1. The predicted molar refractivity (Wildman–Crippen MR) is 352 cm³/mol. The Hall–Kier alpha value is -7.48. The summed E-state index contributed by atoms with van der Waals surface area (Å²) in [6.45, 7) is 27.7. The largest absolute Gasteiger partial charge is 0.471 e. The SMILES string of the molecule is CCN(CCN(C)C)c1ccc(C2(c3ccc(C)cc3C)Oc3ccccc3-c3nc(C)sc32)c(C)c1.CCc1ccccc1Nc1ccc(C2(c3ccc(N(CC)CC)cc3)Oc3ccccc3-c3nc(N4CCOCC4)sc32)cc1CC. The van der Waals surface area contributed by atoms with E-state index >= 15 is 0 Å². The zero-order valence-electron chi connectivity index (χ0n) is 50.9. The molecule has 3 aliphatic heterocycles. The molecule has 1 fully saturated rings. The number of likely N-dealkylation sites (N-methyl/N-ethyl adjacent to an activating group) is 2. The van der Waals surface area contributed by atoms with E-state index in [1.807, 2.05) is 0 Å². The molecule has 7 aromatic carbocycles. The normalized spacial score (nSPS) is 16.7. The lowest BCUT2D eigenvalue weighted by Gasteiger charge is -2.41. The number of fused-ring (bicyclic) bond motifs is 6. The van der Waals surface area contributed by atoms with Gasteiger partial charge in [-0.05, 0) is 164 Å². The van der Waals surface area contributed by atoms with Crippen LogP contribution in [0.1, 0.15) is 99.5 Å². The van der Waals surface area contributed by atoms with E-state index in [2.05, 4.69) is 253 Å². The van der Waals surface area contributed by atoms with E-state index in [0.29, 0.717) is 13.2 Å². The topological polar surface area (TPSA) is 78.5 Å². The van der Waals surface area contributed by atoms with Crippen molar-refractivity contribution in [2.45, 2.75) is 86.4 Å². The highest BCUT2D eigenvalue weighted by Crippen LogP contribution is 2.57. The minimum Gasteiger partial charge on any atom is -0.471 e. The summed E-state index contributed by atoms with van der Waals surface area (Å²) < 4.78 is 20.3. The third-order valence-electron chi connectivity index (χ3n) is 17.0. The van der Waals surface area contributed by atoms with Crippen LogP contribution in [0.5, 0.6) is 11.5 Å². The van der Waals surface area contributed by atoms with Crippen molar-refractivity contribution in [2.24, 2.45) is 0 Å².